The van der Waals surface area contributed by atoms with E-state index in [0.29, 0.717) is 19.3 Å². The summed E-state index contributed by atoms with van der Waals surface area (Å²) in [4.78, 5) is 38.0. The predicted molar refractivity (Wildman–Crippen MR) is 274 cm³/mol. The molecule has 0 N–H and O–H groups in total. The molecular weight excluding hydrogens is 793 g/mol. The molecule has 0 spiro atoms. The van der Waals surface area contributed by atoms with Crippen LogP contribution in [0, 0.1) is 0 Å². The standard InChI is InChI=1S/C58H98O6/c1-4-7-10-13-16-19-22-24-26-27-28-29-30-31-33-34-36-39-42-45-48-51-57(60)63-54-55(53-62-56(59)50-47-44-41-38-21-18-15-12-9-6-3)64-58(61)52-49-46-43-40-37-35-32-25-23-20-17-14-11-8-5-2/h7,10,12,15-16,19,24-26,28-29,31-33,55H,4-6,8-9,11,13-14,17-18,20-23,27,30,34-54H2,1-3H3/b10-7-,15-12-,19-16-,26-24-,29-28-,32-25-,33-31-. The van der Waals surface area contributed by atoms with Crippen molar-refractivity contribution in [1.82, 2.24) is 0 Å². The van der Waals surface area contributed by atoms with E-state index in [1.807, 2.05) is 0 Å². The molecule has 0 aliphatic heterocycles. The van der Waals surface area contributed by atoms with Crippen molar-refractivity contribution in [2.24, 2.45) is 0 Å². The van der Waals surface area contributed by atoms with Crippen molar-refractivity contribution < 1.29 is 28.6 Å². The molecule has 0 fully saturated rings. The first-order valence-electron chi connectivity index (χ1n) is 26.6. The van der Waals surface area contributed by atoms with Gasteiger partial charge in [-0.1, -0.05) is 202 Å². The summed E-state index contributed by atoms with van der Waals surface area (Å²) in [6.45, 7) is 6.42. The molecule has 0 aromatic rings. The Labute approximate surface area is 395 Å². The molecule has 1 atom stereocenters. The van der Waals surface area contributed by atoms with Gasteiger partial charge in [0.15, 0.2) is 6.10 Å². The lowest BCUT2D eigenvalue weighted by atomic mass is 10.1. The van der Waals surface area contributed by atoms with Gasteiger partial charge in [0.2, 0.25) is 0 Å². The molecule has 0 amide bonds. The second kappa shape index (κ2) is 52.2. The minimum atomic E-state index is -0.791. The topological polar surface area (TPSA) is 78.9 Å². The molecule has 0 aromatic heterocycles. The van der Waals surface area contributed by atoms with E-state index in [-0.39, 0.29) is 31.1 Å². The van der Waals surface area contributed by atoms with Crippen LogP contribution in [0.1, 0.15) is 245 Å². The monoisotopic (exact) mass is 891 g/mol. The highest BCUT2D eigenvalue weighted by Crippen LogP contribution is 2.14. The Morgan fingerprint density at radius 2 is 0.641 bits per heavy atom. The molecule has 0 aromatic carbocycles. The summed E-state index contributed by atoms with van der Waals surface area (Å²) >= 11 is 0. The number of hydrogen-bond acceptors (Lipinski definition) is 6. The van der Waals surface area contributed by atoms with Gasteiger partial charge in [-0.15, -0.1) is 0 Å². The number of esters is 3. The van der Waals surface area contributed by atoms with E-state index < -0.39 is 6.10 Å². The molecule has 0 saturated heterocycles. The van der Waals surface area contributed by atoms with Gasteiger partial charge >= 0.3 is 17.9 Å². The molecule has 64 heavy (non-hydrogen) atoms. The number of ether oxygens (including phenoxy) is 3. The van der Waals surface area contributed by atoms with Crippen LogP contribution in [0.15, 0.2) is 85.1 Å². The Kier molecular flexibility index (Phi) is 49.4. The van der Waals surface area contributed by atoms with Crippen LogP contribution in [0.3, 0.4) is 0 Å². The Bertz CT molecular complexity index is 1250. The minimum Gasteiger partial charge on any atom is -0.462 e. The van der Waals surface area contributed by atoms with Crippen LogP contribution in [-0.2, 0) is 28.6 Å². The van der Waals surface area contributed by atoms with Crippen LogP contribution in [0.25, 0.3) is 0 Å². The summed E-state index contributed by atoms with van der Waals surface area (Å²) in [5.74, 6) is -0.929. The highest BCUT2D eigenvalue weighted by molar-refractivity contribution is 5.71. The van der Waals surface area contributed by atoms with Crippen molar-refractivity contribution in [2.45, 2.75) is 252 Å². The summed E-state index contributed by atoms with van der Waals surface area (Å²) in [7, 11) is 0. The summed E-state index contributed by atoms with van der Waals surface area (Å²) < 4.78 is 16.8. The fourth-order valence-electron chi connectivity index (χ4n) is 7.11. The zero-order valence-electron chi connectivity index (χ0n) is 41.8. The van der Waals surface area contributed by atoms with E-state index in [0.717, 1.165) is 141 Å². The Hall–Kier alpha value is -3.41. The van der Waals surface area contributed by atoms with Gasteiger partial charge in [0, 0.05) is 19.3 Å². The maximum Gasteiger partial charge on any atom is 0.306 e. The lowest BCUT2D eigenvalue weighted by molar-refractivity contribution is -0.167. The van der Waals surface area contributed by atoms with E-state index in [1.165, 1.54) is 64.2 Å². The molecular formula is C58H98O6. The molecule has 0 bridgehead atoms. The van der Waals surface area contributed by atoms with Gasteiger partial charge in [0.1, 0.15) is 13.2 Å². The lowest BCUT2D eigenvalue weighted by Gasteiger charge is -2.18. The average Bonchev–Trinajstić information content (AvgIpc) is 3.29. The fourth-order valence-corrected chi connectivity index (χ4v) is 7.11. The number of rotatable bonds is 47. The number of unbranched alkanes of at least 4 members (excludes halogenated alkanes) is 22. The quantitative estimate of drug-likeness (QED) is 0.0262. The summed E-state index contributed by atoms with van der Waals surface area (Å²) in [5, 5.41) is 0. The molecule has 0 saturated carbocycles. The number of allylic oxidation sites excluding steroid dienone is 14. The fraction of sp³-hybridized carbons (Fsp3) is 0.707. The zero-order chi connectivity index (χ0) is 46.5. The Morgan fingerprint density at radius 3 is 1.03 bits per heavy atom. The maximum atomic E-state index is 12.8. The van der Waals surface area contributed by atoms with E-state index in [4.69, 9.17) is 14.2 Å². The van der Waals surface area contributed by atoms with Crippen molar-refractivity contribution in [3.63, 3.8) is 0 Å². The van der Waals surface area contributed by atoms with Gasteiger partial charge in [-0.25, -0.2) is 0 Å². The third kappa shape index (κ3) is 49.6. The molecule has 0 rings (SSSR count). The minimum absolute atomic E-state index is 0.0911. The van der Waals surface area contributed by atoms with Crippen molar-refractivity contribution >= 4 is 17.9 Å². The number of carbonyl (C=O) groups excluding carboxylic acids is 3. The van der Waals surface area contributed by atoms with Crippen LogP contribution < -0.4 is 0 Å². The van der Waals surface area contributed by atoms with Gasteiger partial charge in [-0.05, 0) is 109 Å². The normalized spacial score (nSPS) is 12.7. The first-order valence-corrected chi connectivity index (χ1v) is 26.6. The molecule has 0 aliphatic carbocycles. The third-order valence-electron chi connectivity index (χ3n) is 11.1. The largest absolute Gasteiger partial charge is 0.462 e. The lowest BCUT2D eigenvalue weighted by Crippen LogP contribution is -2.30. The molecule has 1 unspecified atom stereocenters. The van der Waals surface area contributed by atoms with E-state index in [2.05, 4.69) is 106 Å². The van der Waals surface area contributed by atoms with Crippen LogP contribution in [0.4, 0.5) is 0 Å². The number of hydrogen-bond donors (Lipinski definition) is 0. The second-order valence-corrected chi connectivity index (χ2v) is 17.4. The Morgan fingerprint density at radius 1 is 0.328 bits per heavy atom. The van der Waals surface area contributed by atoms with E-state index >= 15 is 0 Å². The van der Waals surface area contributed by atoms with Crippen LogP contribution >= 0.6 is 0 Å². The number of carbonyl (C=O) groups is 3. The maximum absolute atomic E-state index is 12.8. The highest BCUT2D eigenvalue weighted by Gasteiger charge is 2.19. The van der Waals surface area contributed by atoms with E-state index in [1.54, 1.807) is 0 Å². The zero-order valence-corrected chi connectivity index (χ0v) is 41.8. The van der Waals surface area contributed by atoms with Crippen LogP contribution in [-0.4, -0.2) is 37.2 Å². The van der Waals surface area contributed by atoms with Crippen LogP contribution in [0.2, 0.25) is 0 Å². The van der Waals surface area contributed by atoms with Crippen molar-refractivity contribution in [3.8, 4) is 0 Å². The van der Waals surface area contributed by atoms with E-state index in [9.17, 15) is 14.4 Å². The van der Waals surface area contributed by atoms with Gasteiger partial charge < -0.3 is 14.2 Å². The SMILES string of the molecule is CC/C=C\C/C=C\C/C=C\C/C=C\C/C=C\CCCCCCCC(=O)OCC(COC(=O)CCCCCCC/C=C\CCC)OC(=O)CCCCCCC/C=C\CCCCCCCC. The molecule has 6 nitrogen and oxygen atoms in total. The highest BCUT2D eigenvalue weighted by atomic mass is 16.6. The third-order valence-corrected chi connectivity index (χ3v) is 11.1. The van der Waals surface area contributed by atoms with Gasteiger partial charge in [-0.3, -0.25) is 14.4 Å². The van der Waals surface area contributed by atoms with Crippen molar-refractivity contribution in [1.29, 1.82) is 0 Å². The summed E-state index contributed by atoms with van der Waals surface area (Å²) in [6, 6.07) is 0. The first kappa shape index (κ1) is 60.6. The Balaban J connectivity index is 4.38. The summed E-state index contributed by atoms with van der Waals surface area (Å²) in [6.07, 6.45) is 67.1. The second-order valence-electron chi connectivity index (χ2n) is 17.4. The first-order chi connectivity index (χ1) is 31.5. The molecule has 0 heterocycles. The molecule has 6 heteroatoms. The van der Waals surface area contributed by atoms with Crippen molar-refractivity contribution in [3.05, 3.63) is 85.1 Å². The van der Waals surface area contributed by atoms with Gasteiger partial charge in [-0.2, -0.15) is 0 Å². The smallest absolute Gasteiger partial charge is 0.306 e. The van der Waals surface area contributed by atoms with Gasteiger partial charge in [0.05, 0.1) is 0 Å². The summed E-state index contributed by atoms with van der Waals surface area (Å²) in [5.41, 5.74) is 0. The molecule has 0 aliphatic rings. The van der Waals surface area contributed by atoms with Crippen molar-refractivity contribution in [2.75, 3.05) is 13.2 Å². The molecule has 366 valence electrons. The van der Waals surface area contributed by atoms with Gasteiger partial charge in [0.25, 0.3) is 0 Å². The molecule has 0 radical (unpaired) electrons. The van der Waals surface area contributed by atoms with Crippen LogP contribution in [0.5, 0.6) is 0 Å². The average molecular weight is 891 g/mol. The predicted octanol–water partition coefficient (Wildman–Crippen LogP) is 17.6.